The first-order valence-corrected chi connectivity index (χ1v) is 20.8. The molecule has 1 unspecified atom stereocenters. The van der Waals surface area contributed by atoms with Crippen LogP contribution in [-0.2, 0) is 18.3 Å². The summed E-state index contributed by atoms with van der Waals surface area (Å²) in [4.78, 5) is 4.97. The summed E-state index contributed by atoms with van der Waals surface area (Å²) < 4.78 is 36.2. The van der Waals surface area contributed by atoms with Crippen LogP contribution in [0.2, 0.25) is 30.7 Å². The van der Waals surface area contributed by atoms with E-state index in [1.807, 2.05) is 76.2 Å². The van der Waals surface area contributed by atoms with Crippen molar-refractivity contribution >= 4 is 50.2 Å². The van der Waals surface area contributed by atoms with Crippen molar-refractivity contribution in [2.24, 2.45) is 10.9 Å². The number of ether oxygens (including phenoxy) is 3. The van der Waals surface area contributed by atoms with E-state index in [0.29, 0.717) is 47.9 Å². The maximum absolute atomic E-state index is 6.65. The van der Waals surface area contributed by atoms with E-state index in [9.17, 15) is 0 Å². The summed E-state index contributed by atoms with van der Waals surface area (Å²) in [6.45, 7) is 16.5. The Balaban J connectivity index is 1.70. The summed E-state index contributed by atoms with van der Waals surface area (Å²) in [5.41, 5.74) is 10.2. The second-order valence-electron chi connectivity index (χ2n) is 12.2. The molecule has 0 aliphatic carbocycles. The van der Waals surface area contributed by atoms with Crippen LogP contribution in [0.1, 0.15) is 26.3 Å². The maximum atomic E-state index is 6.65. The number of benzene rings is 3. The van der Waals surface area contributed by atoms with Crippen LogP contribution in [0, 0.1) is 12.8 Å². The average Bonchev–Trinajstić information content (AvgIpc) is 2.95. The fourth-order valence-electron chi connectivity index (χ4n) is 4.75. The number of nitrogens with two attached hydrogens (primary N) is 1. The van der Waals surface area contributed by atoms with Gasteiger partial charge in [-0.05, 0) is 0 Å². The van der Waals surface area contributed by atoms with Gasteiger partial charge in [-0.2, -0.15) is 0 Å². The number of nitrogen functional groups attached to an aromatic ring is 1. The van der Waals surface area contributed by atoms with Gasteiger partial charge in [0.05, 0.1) is 7.11 Å². The standard InChI is InChI=1S/C33H46ClN2O6PSi/c1-9-39-43(41-24(4)42-43)32-18-27(13-10-22(32)2)40-33(23(3)21-38-16-17-44(6,7)8)36-31-19-28(29(34)20-30(31)35)25-11-14-26(37-5)15-12-25/h10-15,18-20,23-24,43H,9,16-17,21,35H2,1-8H3/b36-33+. The van der Waals surface area contributed by atoms with Crippen LogP contribution in [0.3, 0.4) is 0 Å². The zero-order valence-corrected chi connectivity index (χ0v) is 29.8. The molecule has 0 bridgehead atoms. The molecule has 44 heavy (non-hydrogen) atoms. The van der Waals surface area contributed by atoms with Gasteiger partial charge in [-0.15, -0.1) is 0 Å². The van der Waals surface area contributed by atoms with Crippen LogP contribution < -0.4 is 20.5 Å². The number of aryl methyl sites for hydroxylation is 1. The molecular weight excluding hydrogens is 615 g/mol. The first kappa shape index (κ1) is 34.4. The number of methoxy groups -OCH3 is 1. The number of rotatable bonds is 13. The van der Waals surface area contributed by atoms with Crippen molar-refractivity contribution in [1.82, 2.24) is 0 Å². The van der Waals surface area contributed by atoms with Gasteiger partial charge in [-0.25, -0.2) is 0 Å². The number of hydrogen-bond acceptors (Lipinski definition) is 8. The van der Waals surface area contributed by atoms with E-state index < -0.39 is 16.0 Å². The first-order valence-electron chi connectivity index (χ1n) is 15.0. The zero-order chi connectivity index (χ0) is 32.1. The summed E-state index contributed by atoms with van der Waals surface area (Å²) in [7, 11) is -2.60. The van der Waals surface area contributed by atoms with Gasteiger partial charge < -0.3 is 4.74 Å². The Hall–Kier alpha value is -2.49. The molecule has 1 aliphatic heterocycles. The van der Waals surface area contributed by atoms with Gasteiger partial charge in [0, 0.05) is 0 Å². The third-order valence-electron chi connectivity index (χ3n) is 7.27. The van der Waals surface area contributed by atoms with E-state index in [1.165, 1.54) is 0 Å². The topological polar surface area (TPSA) is 93.8 Å². The summed E-state index contributed by atoms with van der Waals surface area (Å²) >= 11 is 6.65. The summed E-state index contributed by atoms with van der Waals surface area (Å²) in [6.07, 6.45) is -0.310. The monoisotopic (exact) mass is 660 g/mol. The Morgan fingerprint density at radius 3 is 2.36 bits per heavy atom. The molecule has 1 aliphatic rings. The number of nitrogens with zero attached hydrogens (tertiary/aromatic N) is 1. The number of halogens is 1. The van der Waals surface area contributed by atoms with Crippen molar-refractivity contribution in [1.29, 1.82) is 0 Å². The Morgan fingerprint density at radius 1 is 1.07 bits per heavy atom. The molecule has 8 nitrogen and oxygen atoms in total. The summed E-state index contributed by atoms with van der Waals surface area (Å²) in [6, 6.07) is 18.2. The molecule has 1 heterocycles. The molecule has 1 fully saturated rings. The van der Waals surface area contributed by atoms with Crippen molar-refractivity contribution in [3.63, 3.8) is 0 Å². The molecule has 0 spiro atoms. The van der Waals surface area contributed by atoms with E-state index in [0.717, 1.165) is 33.8 Å². The third kappa shape index (κ3) is 8.61. The molecule has 3 aromatic carbocycles. The Labute approximate surface area is 268 Å². The van der Waals surface area contributed by atoms with Gasteiger partial charge in [0.2, 0.25) is 0 Å². The fourth-order valence-corrected chi connectivity index (χ4v) is 8.49. The van der Waals surface area contributed by atoms with Gasteiger partial charge in [-0.1, -0.05) is 0 Å². The van der Waals surface area contributed by atoms with Gasteiger partial charge in [0.1, 0.15) is 5.75 Å². The first-order chi connectivity index (χ1) is 20.8. The molecule has 240 valence electrons. The normalized spacial score (nSPS) is 17.9. The minimum atomic E-state index is -3.01. The SMILES string of the molecule is CCO[PH]1(c2cc(O/C(=N/c3cc(-c4ccc(OC)cc4)c(Cl)cc3N)C(C)COCC[Si](C)(C)C)ccc2C)OC(C)O1. The van der Waals surface area contributed by atoms with E-state index in [4.69, 9.17) is 50.1 Å². The minimum absolute atomic E-state index is 0.171. The quantitative estimate of drug-likeness (QED) is 0.0490. The van der Waals surface area contributed by atoms with Gasteiger partial charge in [-0.3, -0.25) is 0 Å². The molecule has 11 heteroatoms. The number of hydrogen-bond donors (Lipinski definition) is 1. The van der Waals surface area contributed by atoms with E-state index in [2.05, 4.69) is 19.6 Å². The summed E-state index contributed by atoms with van der Waals surface area (Å²) in [5, 5.41) is 1.40. The number of anilines is 1. The molecule has 0 aromatic heterocycles. The van der Waals surface area contributed by atoms with Crippen LogP contribution in [0.5, 0.6) is 11.5 Å². The van der Waals surface area contributed by atoms with Crippen molar-refractivity contribution in [2.75, 3.05) is 32.7 Å². The van der Waals surface area contributed by atoms with Crippen molar-refractivity contribution in [2.45, 2.75) is 59.7 Å². The Kier molecular flexibility index (Phi) is 11.5. The average molecular weight is 661 g/mol. The molecule has 2 N–H and O–H groups in total. The molecule has 0 amide bonds. The molecule has 3 aromatic rings. The molecule has 0 radical (unpaired) electrons. The van der Waals surface area contributed by atoms with E-state index in [1.54, 1.807) is 13.2 Å². The number of aliphatic imine (C=N–C) groups is 1. The predicted octanol–water partition coefficient (Wildman–Crippen LogP) is 8.56. The van der Waals surface area contributed by atoms with Crippen LogP contribution in [0.4, 0.5) is 11.4 Å². The molecule has 0 saturated carbocycles. The Bertz CT molecular complexity index is 1450. The van der Waals surface area contributed by atoms with Crippen LogP contribution in [0.15, 0.2) is 59.6 Å². The molecule has 4 rings (SSSR count). The Morgan fingerprint density at radius 2 is 1.75 bits per heavy atom. The third-order valence-corrected chi connectivity index (χ3v) is 12.4. The molecular formula is C33H46ClN2O6PSi. The zero-order valence-electron chi connectivity index (χ0n) is 27.0. The van der Waals surface area contributed by atoms with Crippen LogP contribution in [-0.4, -0.2) is 47.2 Å². The van der Waals surface area contributed by atoms with Crippen molar-refractivity contribution < 1.29 is 27.8 Å². The molecule has 1 saturated heterocycles. The van der Waals surface area contributed by atoms with Gasteiger partial charge >= 0.3 is 251 Å². The van der Waals surface area contributed by atoms with Crippen LogP contribution in [0.25, 0.3) is 11.1 Å². The van der Waals surface area contributed by atoms with Crippen molar-refractivity contribution in [3.05, 3.63) is 65.2 Å². The predicted molar refractivity (Wildman–Crippen MR) is 186 cm³/mol. The fraction of sp³-hybridized carbons (Fsp3) is 0.424. The van der Waals surface area contributed by atoms with Crippen molar-refractivity contribution in [3.8, 4) is 22.6 Å². The van der Waals surface area contributed by atoms with Crippen LogP contribution >= 0.6 is 19.5 Å². The van der Waals surface area contributed by atoms with Gasteiger partial charge in [0.15, 0.2) is 0 Å². The summed E-state index contributed by atoms with van der Waals surface area (Å²) in [5.74, 6) is 1.66. The molecule has 1 atom stereocenters. The second-order valence-corrected chi connectivity index (χ2v) is 20.7. The van der Waals surface area contributed by atoms with Gasteiger partial charge in [0.25, 0.3) is 0 Å². The van der Waals surface area contributed by atoms with E-state index in [-0.39, 0.29) is 12.2 Å². The van der Waals surface area contributed by atoms with E-state index >= 15 is 0 Å². The second kappa shape index (κ2) is 14.7.